The molecule has 0 radical (unpaired) electrons. The number of rotatable bonds is 4. The fraction of sp³-hybridized carbons (Fsp3) is 0.263. The summed E-state index contributed by atoms with van der Waals surface area (Å²) in [4.78, 5) is 7.91. The molecule has 0 spiro atoms. The number of thiophene rings is 1. The fourth-order valence-corrected chi connectivity index (χ4v) is 3.70. The van der Waals surface area contributed by atoms with Crippen molar-refractivity contribution in [2.45, 2.75) is 6.04 Å². The number of benzene rings is 1. The minimum atomic E-state index is -0.257. The first kappa shape index (κ1) is 17.1. The van der Waals surface area contributed by atoms with Crippen molar-refractivity contribution in [1.82, 2.24) is 20.4 Å². The zero-order chi connectivity index (χ0) is 17.9. The van der Waals surface area contributed by atoms with Crippen molar-refractivity contribution in [1.29, 1.82) is 0 Å². The number of piperazine rings is 1. The molecule has 0 saturated carbocycles. The first-order valence-corrected chi connectivity index (χ1v) is 9.35. The van der Waals surface area contributed by atoms with Gasteiger partial charge in [-0.2, -0.15) is 4.98 Å². The van der Waals surface area contributed by atoms with Crippen molar-refractivity contribution in [3.8, 4) is 0 Å². The monoisotopic (exact) mass is 370 g/mol. The lowest BCUT2D eigenvalue weighted by atomic mass is 10.1. The Hall–Kier alpha value is -2.35. The van der Waals surface area contributed by atoms with E-state index in [-0.39, 0.29) is 11.9 Å². The molecule has 1 aliphatic heterocycles. The Bertz CT molecular complexity index is 889. The second kappa shape index (κ2) is 7.49. The molecule has 1 N–H and O–H groups in total. The molecular formula is C19H19FN4OS. The summed E-state index contributed by atoms with van der Waals surface area (Å²) in [5.41, 5.74) is 1.72. The summed E-state index contributed by atoms with van der Waals surface area (Å²) in [6.07, 6.45) is 1.95. The van der Waals surface area contributed by atoms with Crippen LogP contribution in [0.2, 0.25) is 0 Å². The standard InChI is InChI=1S/C19H19FN4OS/c1-24-9-8-21-12-16(24)18-22-19(25-23-18)15(17-3-2-10-26-17)11-13-4-6-14(20)7-5-13/h2-7,10-11,16,21H,8-9,12H2,1H3/b15-11+. The number of likely N-dealkylation sites (N-methyl/N-ethyl adjacent to an activating group) is 1. The number of hydrogen-bond donors (Lipinski definition) is 1. The maximum absolute atomic E-state index is 13.2. The van der Waals surface area contributed by atoms with E-state index in [0.29, 0.717) is 11.7 Å². The fourth-order valence-electron chi connectivity index (χ4n) is 2.97. The van der Waals surface area contributed by atoms with Crippen molar-refractivity contribution in [3.05, 3.63) is 69.8 Å². The van der Waals surface area contributed by atoms with Crippen LogP contribution in [-0.4, -0.2) is 41.7 Å². The van der Waals surface area contributed by atoms with E-state index in [1.54, 1.807) is 23.5 Å². The van der Waals surface area contributed by atoms with Crippen molar-refractivity contribution in [2.24, 2.45) is 0 Å². The van der Waals surface area contributed by atoms with Gasteiger partial charge in [-0.25, -0.2) is 4.39 Å². The molecule has 7 heteroatoms. The molecule has 0 aliphatic carbocycles. The van der Waals surface area contributed by atoms with Gasteiger partial charge in [0.15, 0.2) is 5.82 Å². The van der Waals surface area contributed by atoms with Crippen LogP contribution in [-0.2, 0) is 0 Å². The van der Waals surface area contributed by atoms with Crippen LogP contribution < -0.4 is 5.32 Å². The molecule has 134 valence electrons. The van der Waals surface area contributed by atoms with Gasteiger partial charge in [-0.1, -0.05) is 23.4 Å². The summed E-state index contributed by atoms with van der Waals surface area (Å²) in [6, 6.07) is 10.4. The average Bonchev–Trinajstić information content (AvgIpc) is 3.34. The molecule has 1 aliphatic rings. The minimum absolute atomic E-state index is 0.0941. The van der Waals surface area contributed by atoms with Gasteiger partial charge >= 0.3 is 0 Å². The molecule has 0 bridgehead atoms. The Kier molecular flexibility index (Phi) is 4.92. The van der Waals surface area contributed by atoms with Gasteiger partial charge in [0.05, 0.1) is 11.6 Å². The van der Waals surface area contributed by atoms with Gasteiger partial charge in [-0.15, -0.1) is 11.3 Å². The van der Waals surface area contributed by atoms with Gasteiger partial charge in [0.25, 0.3) is 5.89 Å². The zero-order valence-corrected chi connectivity index (χ0v) is 15.2. The predicted octanol–water partition coefficient (Wildman–Crippen LogP) is 3.44. The van der Waals surface area contributed by atoms with Crippen molar-refractivity contribution < 1.29 is 8.91 Å². The van der Waals surface area contributed by atoms with Gasteiger partial charge in [0, 0.05) is 24.5 Å². The SMILES string of the molecule is CN1CCNCC1c1noc(/C(=C/c2ccc(F)cc2)c2cccs2)n1. The number of hydrogen-bond acceptors (Lipinski definition) is 6. The molecule has 3 aromatic rings. The van der Waals surface area contributed by atoms with Crippen LogP contribution in [0.25, 0.3) is 11.6 Å². The van der Waals surface area contributed by atoms with Crippen LogP contribution in [0.5, 0.6) is 0 Å². The molecule has 4 rings (SSSR count). The molecular weight excluding hydrogens is 351 g/mol. The quantitative estimate of drug-likeness (QED) is 0.762. The first-order valence-electron chi connectivity index (χ1n) is 8.47. The van der Waals surface area contributed by atoms with E-state index >= 15 is 0 Å². The molecule has 2 aromatic heterocycles. The maximum atomic E-state index is 13.2. The van der Waals surface area contributed by atoms with Gasteiger partial charge in [0.1, 0.15) is 5.82 Å². The molecule has 3 heterocycles. The molecule has 1 unspecified atom stereocenters. The molecule has 1 atom stereocenters. The van der Waals surface area contributed by atoms with Crippen LogP contribution >= 0.6 is 11.3 Å². The highest BCUT2D eigenvalue weighted by molar-refractivity contribution is 7.11. The zero-order valence-electron chi connectivity index (χ0n) is 14.4. The van der Waals surface area contributed by atoms with E-state index in [1.807, 2.05) is 23.6 Å². The molecule has 1 fully saturated rings. The van der Waals surface area contributed by atoms with Crippen LogP contribution in [0, 0.1) is 5.82 Å². The highest BCUT2D eigenvalue weighted by Crippen LogP contribution is 2.30. The van der Waals surface area contributed by atoms with Crippen molar-refractivity contribution in [3.63, 3.8) is 0 Å². The topological polar surface area (TPSA) is 54.2 Å². The molecule has 26 heavy (non-hydrogen) atoms. The normalized spacial score (nSPS) is 19.0. The Morgan fingerprint density at radius 3 is 2.92 bits per heavy atom. The summed E-state index contributed by atoms with van der Waals surface area (Å²) in [5, 5.41) is 9.58. The summed E-state index contributed by atoms with van der Waals surface area (Å²) in [7, 11) is 2.07. The number of nitrogens with zero attached hydrogens (tertiary/aromatic N) is 3. The lowest BCUT2D eigenvalue weighted by Gasteiger charge is -2.30. The van der Waals surface area contributed by atoms with Gasteiger partial charge in [-0.05, 0) is 42.3 Å². The smallest absolute Gasteiger partial charge is 0.259 e. The van der Waals surface area contributed by atoms with E-state index < -0.39 is 0 Å². The van der Waals surface area contributed by atoms with Crippen LogP contribution in [0.15, 0.2) is 46.3 Å². The Labute approximate surface area is 155 Å². The Morgan fingerprint density at radius 2 is 2.19 bits per heavy atom. The van der Waals surface area contributed by atoms with Crippen LogP contribution in [0.1, 0.15) is 28.2 Å². The number of halogens is 1. The Morgan fingerprint density at radius 1 is 1.35 bits per heavy atom. The predicted molar refractivity (Wildman–Crippen MR) is 100 cm³/mol. The van der Waals surface area contributed by atoms with Gasteiger partial charge in [0.2, 0.25) is 0 Å². The largest absolute Gasteiger partial charge is 0.334 e. The van der Waals surface area contributed by atoms with E-state index in [2.05, 4.69) is 27.4 Å². The summed E-state index contributed by atoms with van der Waals surface area (Å²) in [6.45, 7) is 2.70. The van der Waals surface area contributed by atoms with Gasteiger partial charge in [-0.3, -0.25) is 4.90 Å². The minimum Gasteiger partial charge on any atom is -0.334 e. The Balaban J connectivity index is 1.70. The average molecular weight is 370 g/mol. The van der Waals surface area contributed by atoms with Gasteiger partial charge < -0.3 is 9.84 Å². The summed E-state index contributed by atoms with van der Waals surface area (Å²) < 4.78 is 18.8. The van der Waals surface area contributed by atoms with E-state index in [1.165, 1.54) is 12.1 Å². The molecule has 1 saturated heterocycles. The lowest BCUT2D eigenvalue weighted by Crippen LogP contribution is -2.44. The highest BCUT2D eigenvalue weighted by atomic mass is 32.1. The van der Waals surface area contributed by atoms with E-state index in [9.17, 15) is 4.39 Å². The summed E-state index contributed by atoms with van der Waals surface area (Å²) >= 11 is 1.60. The molecule has 0 amide bonds. The second-order valence-electron chi connectivity index (χ2n) is 6.25. The van der Waals surface area contributed by atoms with E-state index in [0.717, 1.165) is 35.6 Å². The number of nitrogens with one attached hydrogen (secondary N) is 1. The second-order valence-corrected chi connectivity index (χ2v) is 7.19. The van der Waals surface area contributed by atoms with Crippen LogP contribution in [0.4, 0.5) is 4.39 Å². The molecule has 5 nitrogen and oxygen atoms in total. The highest BCUT2D eigenvalue weighted by Gasteiger charge is 2.26. The van der Waals surface area contributed by atoms with E-state index in [4.69, 9.17) is 4.52 Å². The van der Waals surface area contributed by atoms with Crippen molar-refractivity contribution in [2.75, 3.05) is 26.7 Å². The van der Waals surface area contributed by atoms with Crippen molar-refractivity contribution >= 4 is 23.0 Å². The third kappa shape index (κ3) is 3.60. The first-order chi connectivity index (χ1) is 12.7. The third-order valence-electron chi connectivity index (χ3n) is 4.45. The molecule has 1 aromatic carbocycles. The maximum Gasteiger partial charge on any atom is 0.259 e. The summed E-state index contributed by atoms with van der Waals surface area (Å²) in [5.74, 6) is 0.898. The number of aromatic nitrogens is 2. The van der Waals surface area contributed by atoms with Crippen LogP contribution in [0.3, 0.4) is 0 Å². The lowest BCUT2D eigenvalue weighted by molar-refractivity contribution is 0.190. The third-order valence-corrected chi connectivity index (χ3v) is 5.35.